The van der Waals surface area contributed by atoms with E-state index in [1.807, 2.05) is 13.8 Å². The maximum atomic E-state index is 12.6. The Kier molecular flexibility index (Phi) is 5.98. The van der Waals surface area contributed by atoms with Crippen molar-refractivity contribution in [3.8, 4) is 0 Å². The van der Waals surface area contributed by atoms with Crippen LogP contribution in [0.25, 0.3) is 0 Å². The molecule has 0 aromatic rings. The van der Waals surface area contributed by atoms with Gasteiger partial charge in [-0.05, 0) is 117 Å². The van der Waals surface area contributed by atoms with Crippen molar-refractivity contribution in [1.82, 2.24) is 0 Å². The van der Waals surface area contributed by atoms with Crippen molar-refractivity contribution in [3.63, 3.8) is 0 Å². The minimum atomic E-state index is -0.649. The summed E-state index contributed by atoms with van der Waals surface area (Å²) >= 11 is 0. The largest absolute Gasteiger partial charge is 0.504 e. The molecule has 0 saturated heterocycles. The van der Waals surface area contributed by atoms with E-state index in [-0.39, 0.29) is 22.4 Å². The third kappa shape index (κ3) is 3.82. The maximum absolute atomic E-state index is 12.6. The van der Waals surface area contributed by atoms with Crippen LogP contribution in [0.2, 0.25) is 0 Å². The third-order valence-electron chi connectivity index (χ3n) is 10.6. The molecule has 0 aromatic carbocycles. The fourth-order valence-electron chi connectivity index (χ4n) is 7.87. The number of fused-ring (bicyclic) bond motifs is 4. The van der Waals surface area contributed by atoms with Crippen molar-refractivity contribution in [1.29, 1.82) is 0 Å². The average molecular weight is 455 g/mol. The molecule has 4 rings (SSSR count). The number of aliphatic carboxylic acids is 1. The molecule has 4 nitrogen and oxygen atoms in total. The van der Waals surface area contributed by atoms with Crippen LogP contribution in [0.15, 0.2) is 34.6 Å². The zero-order valence-corrected chi connectivity index (χ0v) is 21.3. The van der Waals surface area contributed by atoms with Crippen LogP contribution in [0.5, 0.6) is 0 Å². The van der Waals surface area contributed by atoms with Gasteiger partial charge in [0.1, 0.15) is 0 Å². The molecular formula is C29H42O4. The normalized spacial score (nSPS) is 44.1. The van der Waals surface area contributed by atoms with Crippen molar-refractivity contribution in [3.05, 3.63) is 34.6 Å². The molecule has 0 heterocycles. The average Bonchev–Trinajstić information content (AvgIpc) is 2.76. The van der Waals surface area contributed by atoms with Crippen LogP contribution in [0.1, 0.15) is 92.9 Å². The first-order chi connectivity index (χ1) is 15.3. The van der Waals surface area contributed by atoms with Crippen LogP contribution in [0.3, 0.4) is 0 Å². The van der Waals surface area contributed by atoms with Crippen LogP contribution in [-0.2, 0) is 9.59 Å². The second kappa shape index (κ2) is 8.13. The number of hydrogen-bond acceptors (Lipinski definition) is 3. The van der Waals surface area contributed by atoms with Gasteiger partial charge in [-0.2, -0.15) is 0 Å². The lowest BCUT2D eigenvalue weighted by atomic mass is 9.51. The highest BCUT2D eigenvalue weighted by Crippen LogP contribution is 2.60. The van der Waals surface area contributed by atoms with E-state index in [1.165, 1.54) is 0 Å². The number of carbonyl (C=O) groups excluding carboxylic acids is 1. The summed E-state index contributed by atoms with van der Waals surface area (Å²) in [6.07, 6.45) is 11.8. The molecule has 4 aliphatic carbocycles. The number of hydrogen-bond donors (Lipinski definition) is 2. The summed E-state index contributed by atoms with van der Waals surface area (Å²) in [4.78, 5) is 24.7. The number of carbonyl (C=O) groups is 2. The summed E-state index contributed by atoms with van der Waals surface area (Å²) in [7, 11) is 0. The molecule has 0 aliphatic heterocycles. The Morgan fingerprint density at radius 2 is 1.64 bits per heavy atom. The molecule has 4 heteroatoms. The fourth-order valence-corrected chi connectivity index (χ4v) is 7.87. The van der Waals surface area contributed by atoms with Gasteiger partial charge in [0.25, 0.3) is 0 Å². The molecule has 182 valence electrons. The van der Waals surface area contributed by atoms with E-state index in [0.29, 0.717) is 29.2 Å². The van der Waals surface area contributed by atoms with Crippen molar-refractivity contribution in [2.45, 2.75) is 92.9 Å². The van der Waals surface area contributed by atoms with Crippen molar-refractivity contribution >= 4 is 11.8 Å². The third-order valence-corrected chi connectivity index (χ3v) is 10.6. The number of ketones is 1. The smallest absolute Gasteiger partial charge is 0.309 e. The molecule has 2 N–H and O–H groups in total. The number of allylic oxidation sites excluding steroid dienone is 5. The lowest BCUT2D eigenvalue weighted by Crippen LogP contribution is -2.47. The van der Waals surface area contributed by atoms with E-state index in [0.717, 1.165) is 62.5 Å². The maximum Gasteiger partial charge on any atom is 0.309 e. The van der Waals surface area contributed by atoms with Crippen LogP contribution in [0, 0.1) is 39.9 Å². The first-order valence-corrected chi connectivity index (χ1v) is 12.9. The zero-order valence-electron chi connectivity index (χ0n) is 21.3. The lowest BCUT2D eigenvalue weighted by Gasteiger charge is -2.54. The Bertz CT molecular complexity index is 955. The molecule has 2 saturated carbocycles. The quantitative estimate of drug-likeness (QED) is 0.446. The fraction of sp³-hybridized carbons (Fsp3) is 0.724. The van der Waals surface area contributed by atoms with Gasteiger partial charge in [-0.1, -0.05) is 33.8 Å². The van der Waals surface area contributed by atoms with Crippen LogP contribution >= 0.6 is 0 Å². The summed E-state index contributed by atoms with van der Waals surface area (Å²) in [6, 6.07) is 0. The Hall–Kier alpha value is -1.84. The first kappa shape index (κ1) is 24.3. The predicted octanol–water partition coefficient (Wildman–Crippen LogP) is 7.02. The van der Waals surface area contributed by atoms with Gasteiger partial charge in [0, 0.05) is 5.57 Å². The molecule has 0 aromatic heterocycles. The molecular weight excluding hydrogens is 412 g/mol. The second-order valence-corrected chi connectivity index (χ2v) is 12.6. The summed E-state index contributed by atoms with van der Waals surface area (Å²) in [5.74, 6) is 0.779. The number of aliphatic hydroxyl groups is 1. The van der Waals surface area contributed by atoms with Gasteiger partial charge >= 0.3 is 5.97 Å². The lowest BCUT2D eigenvalue weighted by molar-refractivity contribution is -0.155. The predicted molar refractivity (Wildman–Crippen MR) is 131 cm³/mol. The number of aliphatic hydroxyl groups excluding tert-OH is 1. The van der Waals surface area contributed by atoms with Crippen LogP contribution in [0.4, 0.5) is 0 Å². The Morgan fingerprint density at radius 1 is 1.00 bits per heavy atom. The van der Waals surface area contributed by atoms with Crippen LogP contribution in [-0.4, -0.2) is 22.0 Å². The standard InChI is InChI=1S/C29H42O4/c1-17-9-11-27(4)13-14-28(5,26(32)33)16-23(27)18(2)10-12-29(6)21(17)8-7-20-19(3)25(31)24(30)15-22(20)29/h7,15,17-18,21,23,31H,8-14,16H2,1-6H3,(H,32,33)/t17-,18+,21?,23-,27-,28+,29+/m0/s1. The summed E-state index contributed by atoms with van der Waals surface area (Å²) in [5.41, 5.74) is 2.33. The molecule has 0 bridgehead atoms. The van der Waals surface area contributed by atoms with Gasteiger partial charge in [-0.25, -0.2) is 0 Å². The Balaban J connectivity index is 1.71. The molecule has 0 amide bonds. The number of carboxylic acid groups (broad SMARTS) is 1. The molecule has 1 unspecified atom stereocenters. The highest BCUT2D eigenvalue weighted by atomic mass is 16.4. The second-order valence-electron chi connectivity index (χ2n) is 12.6. The van der Waals surface area contributed by atoms with Gasteiger partial charge < -0.3 is 10.2 Å². The SMILES string of the molecule is CC1=C(O)C(=O)C=C2C1=CCC1[C@@H](C)CC[C@@]3(C)CC[C@@](C)(C(=O)O)C[C@H]3[C@H](C)CC[C@@]21C. The summed E-state index contributed by atoms with van der Waals surface area (Å²) in [6.45, 7) is 13.3. The summed E-state index contributed by atoms with van der Waals surface area (Å²) in [5, 5.41) is 20.2. The van der Waals surface area contributed by atoms with Crippen molar-refractivity contribution in [2.24, 2.45) is 39.9 Å². The molecule has 0 spiro atoms. The van der Waals surface area contributed by atoms with E-state index in [2.05, 4.69) is 33.8 Å². The van der Waals surface area contributed by atoms with E-state index in [1.54, 1.807) is 6.08 Å². The minimum absolute atomic E-state index is 0.112. The van der Waals surface area contributed by atoms with Crippen molar-refractivity contribution in [2.75, 3.05) is 0 Å². The highest BCUT2D eigenvalue weighted by Gasteiger charge is 2.52. The van der Waals surface area contributed by atoms with E-state index < -0.39 is 11.4 Å². The van der Waals surface area contributed by atoms with Crippen LogP contribution < -0.4 is 0 Å². The number of carboxylic acids is 1. The number of rotatable bonds is 1. The molecule has 2 fully saturated rings. The minimum Gasteiger partial charge on any atom is -0.504 e. The van der Waals surface area contributed by atoms with Gasteiger partial charge in [-0.3, -0.25) is 9.59 Å². The van der Waals surface area contributed by atoms with Gasteiger partial charge in [0.2, 0.25) is 5.78 Å². The highest BCUT2D eigenvalue weighted by molar-refractivity contribution is 6.06. The molecule has 0 radical (unpaired) electrons. The molecule has 33 heavy (non-hydrogen) atoms. The van der Waals surface area contributed by atoms with Gasteiger partial charge in [0.15, 0.2) is 5.76 Å². The Morgan fingerprint density at radius 3 is 2.30 bits per heavy atom. The molecule has 4 aliphatic rings. The van der Waals surface area contributed by atoms with Gasteiger partial charge in [0.05, 0.1) is 5.41 Å². The van der Waals surface area contributed by atoms with E-state index >= 15 is 0 Å². The Labute approximate surface area is 199 Å². The zero-order chi connectivity index (χ0) is 24.3. The van der Waals surface area contributed by atoms with E-state index in [9.17, 15) is 19.8 Å². The monoisotopic (exact) mass is 454 g/mol. The van der Waals surface area contributed by atoms with E-state index in [4.69, 9.17) is 0 Å². The van der Waals surface area contributed by atoms with Crippen molar-refractivity contribution < 1.29 is 19.8 Å². The topological polar surface area (TPSA) is 74.6 Å². The molecule has 7 atom stereocenters. The first-order valence-electron chi connectivity index (χ1n) is 12.9. The summed E-state index contributed by atoms with van der Waals surface area (Å²) < 4.78 is 0. The van der Waals surface area contributed by atoms with Gasteiger partial charge in [-0.15, -0.1) is 0 Å².